The third-order valence-corrected chi connectivity index (χ3v) is 5.77. The summed E-state index contributed by atoms with van der Waals surface area (Å²) in [7, 11) is -1.52. The number of likely N-dealkylation sites (tertiary alicyclic amines) is 1. The SMILES string of the molecule is N[C@H](Cc1cnc[nH]1)C(=O)N1CC(Oc2ccc([C@@H]3C[C@@H]3B(O)O)c(O)c2C(=O)O)C1. The Hall–Kier alpha value is -3.09. The fraction of sp³-hybridized carbons (Fsp3) is 0.421. The van der Waals surface area contributed by atoms with Crippen molar-refractivity contribution in [2.45, 2.75) is 36.7 Å². The molecule has 0 radical (unpaired) electrons. The van der Waals surface area contributed by atoms with Crippen LogP contribution >= 0.6 is 0 Å². The predicted octanol–water partition coefficient (Wildman–Crippen LogP) is -0.697. The van der Waals surface area contributed by atoms with Crippen LogP contribution in [-0.2, 0) is 11.2 Å². The minimum atomic E-state index is -1.52. The number of amides is 1. The van der Waals surface area contributed by atoms with Gasteiger partial charge in [0.15, 0.2) is 0 Å². The second-order valence-electron chi connectivity index (χ2n) is 7.97. The average molecular weight is 430 g/mol. The van der Waals surface area contributed by atoms with Crippen LogP contribution in [0.25, 0.3) is 0 Å². The molecule has 2 fully saturated rings. The lowest BCUT2D eigenvalue weighted by Gasteiger charge is -2.40. The van der Waals surface area contributed by atoms with E-state index in [-0.39, 0.29) is 36.2 Å². The smallest absolute Gasteiger partial charge is 0.455 e. The Morgan fingerprint density at radius 2 is 2.10 bits per heavy atom. The summed E-state index contributed by atoms with van der Waals surface area (Å²) in [6, 6.07) is 2.26. The average Bonchev–Trinajstić information content (AvgIpc) is 3.32. The van der Waals surface area contributed by atoms with Crippen molar-refractivity contribution in [2.75, 3.05) is 13.1 Å². The summed E-state index contributed by atoms with van der Waals surface area (Å²) in [5, 5.41) is 38.6. The lowest BCUT2D eigenvalue weighted by Crippen LogP contribution is -2.60. The van der Waals surface area contributed by atoms with Gasteiger partial charge in [0, 0.05) is 24.1 Å². The molecule has 1 saturated heterocycles. The summed E-state index contributed by atoms with van der Waals surface area (Å²) < 4.78 is 5.73. The number of phenols is 1. The van der Waals surface area contributed by atoms with Gasteiger partial charge in [-0.15, -0.1) is 0 Å². The third-order valence-electron chi connectivity index (χ3n) is 5.77. The fourth-order valence-corrected chi connectivity index (χ4v) is 3.92. The Labute approximate surface area is 177 Å². The van der Waals surface area contributed by atoms with Gasteiger partial charge in [-0.05, 0) is 24.0 Å². The molecule has 1 amide bonds. The molecule has 0 spiro atoms. The summed E-state index contributed by atoms with van der Waals surface area (Å²) in [6.45, 7) is 0.497. The second-order valence-corrected chi connectivity index (χ2v) is 7.97. The van der Waals surface area contributed by atoms with E-state index in [1.165, 1.54) is 23.4 Å². The Balaban J connectivity index is 1.38. The molecule has 1 saturated carbocycles. The first-order valence-corrected chi connectivity index (χ1v) is 9.89. The summed E-state index contributed by atoms with van der Waals surface area (Å²) >= 11 is 0. The molecule has 11 nitrogen and oxygen atoms in total. The normalized spacial score (nSPS) is 21.3. The highest BCUT2D eigenvalue weighted by molar-refractivity contribution is 6.44. The number of carbonyl (C=O) groups excluding carboxylic acids is 1. The summed E-state index contributed by atoms with van der Waals surface area (Å²) in [5.74, 6) is -2.79. The van der Waals surface area contributed by atoms with Gasteiger partial charge in [0.2, 0.25) is 5.91 Å². The Morgan fingerprint density at radius 1 is 1.35 bits per heavy atom. The molecule has 2 heterocycles. The molecule has 1 aliphatic heterocycles. The van der Waals surface area contributed by atoms with Gasteiger partial charge in [-0.3, -0.25) is 4.79 Å². The van der Waals surface area contributed by atoms with Crippen LogP contribution in [0, 0.1) is 0 Å². The molecule has 2 aromatic rings. The lowest BCUT2D eigenvalue weighted by atomic mass is 9.81. The second kappa shape index (κ2) is 8.21. The predicted molar refractivity (Wildman–Crippen MR) is 108 cm³/mol. The van der Waals surface area contributed by atoms with Crippen LogP contribution in [0.3, 0.4) is 0 Å². The summed E-state index contributed by atoms with van der Waals surface area (Å²) in [5.41, 5.74) is 6.68. The van der Waals surface area contributed by atoms with Gasteiger partial charge >= 0.3 is 13.1 Å². The van der Waals surface area contributed by atoms with Gasteiger partial charge in [-0.1, -0.05) is 6.07 Å². The number of nitrogens with zero attached hydrogens (tertiary/aromatic N) is 2. The summed E-state index contributed by atoms with van der Waals surface area (Å²) in [4.78, 5) is 32.5. The number of aromatic nitrogens is 2. The van der Waals surface area contributed by atoms with Gasteiger partial charge in [-0.2, -0.15) is 0 Å². The van der Waals surface area contributed by atoms with E-state index in [4.69, 9.17) is 10.5 Å². The first-order chi connectivity index (χ1) is 14.8. The number of carboxylic acid groups (broad SMARTS) is 1. The number of aromatic carboxylic acids is 1. The van der Waals surface area contributed by atoms with Crippen LogP contribution in [0.2, 0.25) is 5.82 Å². The van der Waals surface area contributed by atoms with Gasteiger partial charge in [0.1, 0.15) is 23.2 Å². The number of hydrogen-bond donors (Lipinski definition) is 6. The molecule has 7 N–H and O–H groups in total. The van der Waals surface area contributed by atoms with E-state index in [1.807, 2.05) is 0 Å². The molecule has 0 bridgehead atoms. The van der Waals surface area contributed by atoms with E-state index in [9.17, 15) is 29.9 Å². The van der Waals surface area contributed by atoms with Gasteiger partial charge in [0.25, 0.3) is 0 Å². The zero-order valence-electron chi connectivity index (χ0n) is 16.5. The number of hydrogen-bond acceptors (Lipinski definition) is 8. The van der Waals surface area contributed by atoms with Crippen molar-refractivity contribution in [2.24, 2.45) is 5.73 Å². The lowest BCUT2D eigenvalue weighted by molar-refractivity contribution is -0.141. The zero-order chi connectivity index (χ0) is 22.3. The van der Waals surface area contributed by atoms with Crippen LogP contribution < -0.4 is 10.5 Å². The minimum absolute atomic E-state index is 0.00523. The minimum Gasteiger partial charge on any atom is -0.507 e. The molecule has 12 heteroatoms. The number of carbonyl (C=O) groups is 2. The van der Waals surface area contributed by atoms with Gasteiger partial charge in [-0.25, -0.2) is 9.78 Å². The Morgan fingerprint density at radius 3 is 2.68 bits per heavy atom. The standard InChI is InChI=1S/C19H23BN4O7/c21-14(3-9-5-22-8-23-9)18(26)24-6-10(7-24)31-15-2-1-11(12-4-13(12)20(29)30)17(25)16(15)19(27)28/h1-2,5,8,10,12-14,25,29-30H,3-4,6-7,21H2,(H,22,23)(H,27,28)/t12-,13-,14+/m0/s1. The van der Waals surface area contributed by atoms with Crippen molar-refractivity contribution >= 4 is 19.0 Å². The number of aromatic hydroxyl groups is 1. The molecule has 1 aromatic carbocycles. The number of nitrogens with two attached hydrogens (primary N) is 1. The molecule has 164 valence electrons. The van der Waals surface area contributed by atoms with E-state index < -0.39 is 36.8 Å². The van der Waals surface area contributed by atoms with Gasteiger partial charge < -0.3 is 40.6 Å². The van der Waals surface area contributed by atoms with Crippen molar-refractivity contribution in [3.05, 3.63) is 41.5 Å². The number of imidazole rings is 1. The maximum Gasteiger partial charge on any atom is 0.455 e. The highest BCUT2D eigenvalue weighted by Crippen LogP contribution is 2.56. The monoisotopic (exact) mass is 430 g/mol. The largest absolute Gasteiger partial charge is 0.507 e. The number of rotatable bonds is 8. The van der Waals surface area contributed by atoms with Crippen LogP contribution in [0.15, 0.2) is 24.7 Å². The van der Waals surface area contributed by atoms with Crippen molar-refractivity contribution < 1.29 is 34.6 Å². The van der Waals surface area contributed by atoms with Gasteiger partial charge in [0.05, 0.1) is 25.5 Å². The molecule has 1 aromatic heterocycles. The van der Waals surface area contributed by atoms with Crippen LogP contribution in [0.5, 0.6) is 11.5 Å². The first kappa shape index (κ1) is 21.2. The van der Waals surface area contributed by atoms with Crippen LogP contribution in [0.4, 0.5) is 0 Å². The Bertz CT molecular complexity index is 978. The molecular formula is C19H23BN4O7. The van der Waals surface area contributed by atoms with Crippen LogP contribution in [-0.4, -0.2) is 79.4 Å². The van der Waals surface area contributed by atoms with Crippen molar-refractivity contribution in [3.63, 3.8) is 0 Å². The molecule has 4 rings (SSSR count). The van der Waals surface area contributed by atoms with Crippen molar-refractivity contribution in [1.82, 2.24) is 14.9 Å². The fourth-order valence-electron chi connectivity index (χ4n) is 3.92. The van der Waals surface area contributed by atoms with E-state index in [1.54, 1.807) is 6.20 Å². The van der Waals surface area contributed by atoms with Crippen LogP contribution in [0.1, 0.15) is 34.0 Å². The summed E-state index contributed by atoms with van der Waals surface area (Å²) in [6.07, 6.45) is 3.45. The number of ether oxygens (including phenoxy) is 1. The Kier molecular flexibility index (Phi) is 5.61. The quantitative estimate of drug-likeness (QED) is 0.295. The van der Waals surface area contributed by atoms with E-state index >= 15 is 0 Å². The molecule has 1 aliphatic carbocycles. The first-order valence-electron chi connectivity index (χ1n) is 9.89. The molecule has 31 heavy (non-hydrogen) atoms. The topological polar surface area (TPSA) is 182 Å². The van der Waals surface area contributed by atoms with Crippen molar-refractivity contribution in [1.29, 1.82) is 0 Å². The van der Waals surface area contributed by atoms with E-state index in [0.29, 0.717) is 18.4 Å². The molecule has 2 aliphatic rings. The van der Waals surface area contributed by atoms with E-state index in [2.05, 4.69) is 9.97 Å². The number of H-pyrrole nitrogens is 1. The maximum atomic E-state index is 12.4. The highest BCUT2D eigenvalue weighted by atomic mass is 16.5. The maximum absolute atomic E-state index is 12.4. The molecule has 0 unspecified atom stereocenters. The van der Waals surface area contributed by atoms with Crippen molar-refractivity contribution in [3.8, 4) is 11.5 Å². The van der Waals surface area contributed by atoms with E-state index in [0.717, 1.165) is 5.69 Å². The number of nitrogens with one attached hydrogen (secondary N) is 1. The number of carboxylic acids is 1. The number of benzene rings is 1. The molecule has 3 atom stereocenters. The molecular weight excluding hydrogens is 407 g/mol. The third kappa shape index (κ3) is 4.22. The number of aromatic amines is 1. The highest BCUT2D eigenvalue weighted by Gasteiger charge is 2.48. The zero-order valence-corrected chi connectivity index (χ0v) is 16.5.